The standard InChI is InChI=1S/C13H16IN3S/c1-2-3-12-13(18-17-16-12)11(15)8-9-4-6-10(14)7-5-9/h4-7,11H,2-3,8,15H2,1H3. The van der Waals surface area contributed by atoms with Gasteiger partial charge in [-0.3, -0.25) is 0 Å². The van der Waals surface area contributed by atoms with Crippen LogP contribution in [0.1, 0.15) is 35.5 Å². The second kappa shape index (κ2) is 6.58. The van der Waals surface area contributed by atoms with Crippen molar-refractivity contribution in [3.05, 3.63) is 44.0 Å². The molecule has 3 nitrogen and oxygen atoms in total. The Morgan fingerprint density at radius 1 is 1.33 bits per heavy atom. The van der Waals surface area contributed by atoms with E-state index >= 15 is 0 Å². The van der Waals surface area contributed by atoms with Gasteiger partial charge in [-0.25, -0.2) is 0 Å². The van der Waals surface area contributed by atoms with Gasteiger partial charge in [0.2, 0.25) is 0 Å². The lowest BCUT2D eigenvalue weighted by molar-refractivity contribution is 0.715. The number of hydrogen-bond acceptors (Lipinski definition) is 4. The van der Waals surface area contributed by atoms with Gasteiger partial charge in [0.1, 0.15) is 0 Å². The van der Waals surface area contributed by atoms with Crippen LogP contribution in [-0.4, -0.2) is 9.59 Å². The molecule has 1 unspecified atom stereocenters. The Labute approximate surface area is 125 Å². The summed E-state index contributed by atoms with van der Waals surface area (Å²) < 4.78 is 5.27. The summed E-state index contributed by atoms with van der Waals surface area (Å²) in [6.45, 7) is 2.15. The normalized spacial score (nSPS) is 12.6. The summed E-state index contributed by atoms with van der Waals surface area (Å²) in [5.41, 5.74) is 8.60. The molecule has 0 aliphatic heterocycles. The second-order valence-corrected chi connectivity index (χ2v) is 6.30. The molecular weight excluding hydrogens is 357 g/mol. The van der Waals surface area contributed by atoms with Crippen LogP contribution in [0.4, 0.5) is 0 Å². The van der Waals surface area contributed by atoms with Crippen molar-refractivity contribution in [3.8, 4) is 0 Å². The molecule has 0 aliphatic carbocycles. The molecule has 0 fully saturated rings. The third-order valence-corrected chi connectivity index (χ3v) is 4.40. The van der Waals surface area contributed by atoms with Crippen molar-refractivity contribution in [2.24, 2.45) is 5.73 Å². The first-order chi connectivity index (χ1) is 8.70. The molecule has 0 spiro atoms. The Bertz CT molecular complexity index is 495. The predicted octanol–water partition coefficient (Wildman–Crippen LogP) is 3.34. The number of aromatic nitrogens is 2. The Hall–Kier alpha value is -0.530. The van der Waals surface area contributed by atoms with Gasteiger partial charge in [-0.2, -0.15) is 0 Å². The van der Waals surface area contributed by atoms with E-state index in [0.717, 1.165) is 29.8 Å². The van der Waals surface area contributed by atoms with Crippen LogP contribution in [-0.2, 0) is 12.8 Å². The largest absolute Gasteiger partial charge is 0.323 e. The molecule has 0 saturated heterocycles. The summed E-state index contributed by atoms with van der Waals surface area (Å²) in [4.78, 5) is 1.13. The van der Waals surface area contributed by atoms with Gasteiger partial charge in [-0.05, 0) is 64.7 Å². The minimum absolute atomic E-state index is 0.00612. The van der Waals surface area contributed by atoms with Gasteiger partial charge in [0.05, 0.1) is 10.6 Å². The highest BCUT2D eigenvalue weighted by Crippen LogP contribution is 2.23. The van der Waals surface area contributed by atoms with Gasteiger partial charge in [0, 0.05) is 9.61 Å². The van der Waals surface area contributed by atoms with E-state index in [0.29, 0.717) is 0 Å². The molecule has 5 heteroatoms. The van der Waals surface area contributed by atoms with E-state index in [1.165, 1.54) is 20.7 Å². The number of nitrogens with zero attached hydrogens (tertiary/aromatic N) is 2. The van der Waals surface area contributed by atoms with E-state index in [1.54, 1.807) is 0 Å². The first kappa shape index (κ1) is 13.9. The van der Waals surface area contributed by atoms with Crippen molar-refractivity contribution >= 4 is 34.1 Å². The van der Waals surface area contributed by atoms with Gasteiger partial charge in [0.15, 0.2) is 0 Å². The van der Waals surface area contributed by atoms with Crippen molar-refractivity contribution < 1.29 is 0 Å². The van der Waals surface area contributed by atoms with E-state index in [4.69, 9.17) is 5.73 Å². The monoisotopic (exact) mass is 373 g/mol. The average molecular weight is 373 g/mol. The highest BCUT2D eigenvalue weighted by Gasteiger charge is 2.15. The van der Waals surface area contributed by atoms with Crippen molar-refractivity contribution in [2.75, 3.05) is 0 Å². The number of rotatable bonds is 5. The number of aryl methyl sites for hydroxylation is 1. The molecule has 96 valence electrons. The average Bonchev–Trinajstić information content (AvgIpc) is 2.81. The van der Waals surface area contributed by atoms with Crippen LogP contribution in [0.15, 0.2) is 24.3 Å². The molecule has 2 N–H and O–H groups in total. The Morgan fingerprint density at radius 2 is 2.06 bits per heavy atom. The van der Waals surface area contributed by atoms with E-state index < -0.39 is 0 Å². The second-order valence-electron chi connectivity index (χ2n) is 4.27. The van der Waals surface area contributed by atoms with Crippen LogP contribution in [0, 0.1) is 3.57 Å². The fourth-order valence-corrected chi connectivity index (χ4v) is 2.93. The Kier molecular flexibility index (Phi) is 5.08. The van der Waals surface area contributed by atoms with Gasteiger partial charge in [-0.15, -0.1) is 5.10 Å². The van der Waals surface area contributed by atoms with E-state index in [1.807, 2.05) is 0 Å². The van der Waals surface area contributed by atoms with Gasteiger partial charge in [0.25, 0.3) is 0 Å². The summed E-state index contributed by atoms with van der Waals surface area (Å²) in [5, 5.41) is 4.17. The molecule has 1 atom stereocenters. The number of nitrogens with two attached hydrogens (primary N) is 1. The predicted molar refractivity (Wildman–Crippen MR) is 83.7 cm³/mol. The summed E-state index contributed by atoms with van der Waals surface area (Å²) in [6, 6.07) is 8.50. The third-order valence-electron chi connectivity index (χ3n) is 2.78. The highest BCUT2D eigenvalue weighted by atomic mass is 127. The van der Waals surface area contributed by atoms with Crippen LogP contribution >= 0.6 is 34.1 Å². The van der Waals surface area contributed by atoms with Gasteiger partial charge < -0.3 is 5.73 Å². The van der Waals surface area contributed by atoms with Crippen LogP contribution < -0.4 is 5.73 Å². The minimum Gasteiger partial charge on any atom is -0.323 e. The minimum atomic E-state index is 0.00612. The van der Waals surface area contributed by atoms with E-state index in [-0.39, 0.29) is 6.04 Å². The quantitative estimate of drug-likeness (QED) is 0.818. The molecule has 1 aromatic heterocycles. The van der Waals surface area contributed by atoms with E-state index in [2.05, 4.69) is 63.4 Å². The number of hydrogen-bond donors (Lipinski definition) is 1. The number of benzene rings is 1. The zero-order valence-corrected chi connectivity index (χ0v) is 13.2. The Morgan fingerprint density at radius 3 is 2.72 bits per heavy atom. The maximum atomic E-state index is 6.27. The summed E-state index contributed by atoms with van der Waals surface area (Å²) in [7, 11) is 0. The fourth-order valence-electron chi connectivity index (χ4n) is 1.87. The topological polar surface area (TPSA) is 51.8 Å². The maximum absolute atomic E-state index is 6.27. The third kappa shape index (κ3) is 3.49. The molecule has 0 radical (unpaired) electrons. The van der Waals surface area contributed by atoms with Crippen LogP contribution in [0.25, 0.3) is 0 Å². The summed E-state index contributed by atoms with van der Waals surface area (Å²) >= 11 is 3.74. The molecule has 1 heterocycles. The molecule has 2 aromatic rings. The van der Waals surface area contributed by atoms with Crippen molar-refractivity contribution in [1.82, 2.24) is 9.59 Å². The number of halogens is 1. The first-order valence-electron chi connectivity index (χ1n) is 6.02. The summed E-state index contributed by atoms with van der Waals surface area (Å²) in [6.07, 6.45) is 2.89. The zero-order valence-electron chi connectivity index (χ0n) is 10.3. The molecular formula is C13H16IN3S. The zero-order chi connectivity index (χ0) is 13.0. The maximum Gasteiger partial charge on any atom is 0.0803 e. The molecule has 1 aromatic carbocycles. The van der Waals surface area contributed by atoms with Crippen molar-refractivity contribution in [2.45, 2.75) is 32.2 Å². The summed E-state index contributed by atoms with van der Waals surface area (Å²) in [5.74, 6) is 0. The van der Waals surface area contributed by atoms with E-state index in [9.17, 15) is 0 Å². The van der Waals surface area contributed by atoms with Crippen molar-refractivity contribution in [1.29, 1.82) is 0 Å². The molecule has 0 aliphatic rings. The van der Waals surface area contributed by atoms with Gasteiger partial charge in [-0.1, -0.05) is 30.0 Å². The molecule has 2 rings (SSSR count). The fraction of sp³-hybridized carbons (Fsp3) is 0.385. The molecule has 0 saturated carbocycles. The molecule has 18 heavy (non-hydrogen) atoms. The van der Waals surface area contributed by atoms with Crippen molar-refractivity contribution in [3.63, 3.8) is 0 Å². The highest BCUT2D eigenvalue weighted by molar-refractivity contribution is 14.1. The Balaban J connectivity index is 2.09. The van der Waals surface area contributed by atoms with Gasteiger partial charge >= 0.3 is 0 Å². The lowest BCUT2D eigenvalue weighted by Crippen LogP contribution is -2.13. The molecule has 0 amide bonds. The lowest BCUT2D eigenvalue weighted by atomic mass is 10.0. The van der Waals surface area contributed by atoms with Crippen LogP contribution in [0.5, 0.6) is 0 Å². The SMILES string of the molecule is CCCc1nnsc1C(N)Cc1ccc(I)cc1. The van der Waals surface area contributed by atoms with Crippen LogP contribution in [0.2, 0.25) is 0 Å². The lowest BCUT2D eigenvalue weighted by Gasteiger charge is -2.10. The smallest absolute Gasteiger partial charge is 0.0803 e. The first-order valence-corrected chi connectivity index (χ1v) is 7.87. The van der Waals surface area contributed by atoms with Crippen LogP contribution in [0.3, 0.4) is 0 Å². The molecule has 0 bridgehead atoms.